The highest BCUT2D eigenvalue weighted by Gasteiger charge is 2.36. The largest absolute Gasteiger partial charge is 0.494 e. The van der Waals surface area contributed by atoms with E-state index in [0.717, 1.165) is 42.0 Å². The predicted octanol–water partition coefficient (Wildman–Crippen LogP) is 7.84. The molecule has 1 fully saturated rings. The van der Waals surface area contributed by atoms with Crippen LogP contribution in [0.4, 0.5) is 0 Å². The minimum Gasteiger partial charge on any atom is -0.494 e. The van der Waals surface area contributed by atoms with Gasteiger partial charge in [-0.1, -0.05) is 89.9 Å². The van der Waals surface area contributed by atoms with E-state index in [1.165, 1.54) is 5.56 Å². The lowest BCUT2D eigenvalue weighted by atomic mass is 9.85. The molecular formula is C35H37Cl2NO4. The molecule has 1 unspecified atom stereocenters. The number of hydrogen-bond acceptors (Lipinski definition) is 5. The van der Waals surface area contributed by atoms with Crippen LogP contribution in [0.1, 0.15) is 34.6 Å². The van der Waals surface area contributed by atoms with Gasteiger partial charge in [0.15, 0.2) is 0 Å². The number of benzene rings is 4. The number of halogens is 2. The van der Waals surface area contributed by atoms with Crippen molar-refractivity contribution >= 4 is 23.2 Å². The zero-order chi connectivity index (χ0) is 29.0. The van der Waals surface area contributed by atoms with Crippen molar-refractivity contribution in [3.63, 3.8) is 0 Å². The van der Waals surface area contributed by atoms with Crippen LogP contribution < -0.4 is 10.1 Å². The van der Waals surface area contributed by atoms with E-state index in [1.54, 1.807) is 0 Å². The van der Waals surface area contributed by atoms with E-state index >= 15 is 0 Å². The maximum atomic E-state index is 6.49. The maximum Gasteiger partial charge on any atom is 0.119 e. The Hall–Kier alpha value is -2.90. The SMILES string of the molecule is Clc1ccc(CO[C@H]2CNC[C@@H](OCc3ccc(Cl)cc3)C2c2ccc(OCCCOCc3ccccc3)cc2)cc1. The second kappa shape index (κ2) is 16.1. The molecule has 0 amide bonds. The van der Waals surface area contributed by atoms with Crippen molar-refractivity contribution in [1.29, 1.82) is 0 Å². The van der Waals surface area contributed by atoms with E-state index < -0.39 is 0 Å². The molecule has 1 aliphatic heterocycles. The molecule has 1 saturated heterocycles. The Bertz CT molecular complexity index is 1280. The van der Waals surface area contributed by atoms with Gasteiger partial charge in [0.05, 0.1) is 45.2 Å². The van der Waals surface area contributed by atoms with Crippen LogP contribution >= 0.6 is 23.2 Å². The third-order valence-corrected chi connectivity index (χ3v) is 7.83. The van der Waals surface area contributed by atoms with Gasteiger partial charge in [-0.2, -0.15) is 0 Å². The average molecular weight is 607 g/mol. The molecule has 0 radical (unpaired) electrons. The molecule has 1 heterocycles. The minimum absolute atomic E-state index is 0.0475. The Morgan fingerprint density at radius 1 is 0.595 bits per heavy atom. The van der Waals surface area contributed by atoms with Gasteiger partial charge in [-0.3, -0.25) is 0 Å². The fraction of sp³-hybridized carbons (Fsp3) is 0.314. The van der Waals surface area contributed by atoms with E-state index in [0.29, 0.717) is 43.1 Å². The second-order valence-corrected chi connectivity index (χ2v) is 11.3. The molecule has 3 atom stereocenters. The molecule has 7 heteroatoms. The smallest absolute Gasteiger partial charge is 0.119 e. The summed E-state index contributed by atoms with van der Waals surface area (Å²) in [7, 11) is 0. The van der Waals surface area contributed by atoms with Crippen molar-refractivity contribution in [1.82, 2.24) is 5.32 Å². The molecule has 0 aliphatic carbocycles. The van der Waals surface area contributed by atoms with Crippen molar-refractivity contribution < 1.29 is 18.9 Å². The quantitative estimate of drug-likeness (QED) is 0.148. The van der Waals surface area contributed by atoms with Gasteiger partial charge in [0.1, 0.15) is 5.75 Å². The number of rotatable bonds is 14. The van der Waals surface area contributed by atoms with Gasteiger partial charge in [-0.05, 0) is 58.7 Å². The second-order valence-electron chi connectivity index (χ2n) is 10.4. The first-order valence-corrected chi connectivity index (χ1v) is 15.2. The van der Waals surface area contributed by atoms with E-state index in [9.17, 15) is 0 Å². The first kappa shape index (κ1) is 30.6. The monoisotopic (exact) mass is 605 g/mol. The minimum atomic E-state index is -0.0711. The van der Waals surface area contributed by atoms with Gasteiger partial charge < -0.3 is 24.3 Å². The molecular weight excluding hydrogens is 569 g/mol. The summed E-state index contributed by atoms with van der Waals surface area (Å²) in [6, 6.07) is 34.1. The number of hydrogen-bond donors (Lipinski definition) is 1. The van der Waals surface area contributed by atoms with Crippen molar-refractivity contribution in [3.8, 4) is 5.75 Å². The Labute approximate surface area is 258 Å². The van der Waals surface area contributed by atoms with Crippen molar-refractivity contribution in [2.45, 2.75) is 44.4 Å². The van der Waals surface area contributed by atoms with Gasteiger partial charge in [-0.15, -0.1) is 0 Å². The topological polar surface area (TPSA) is 49.0 Å². The molecule has 0 aromatic heterocycles. The summed E-state index contributed by atoms with van der Waals surface area (Å²) >= 11 is 12.2. The van der Waals surface area contributed by atoms with Crippen LogP contribution in [-0.4, -0.2) is 38.5 Å². The summed E-state index contributed by atoms with van der Waals surface area (Å²) in [5.74, 6) is 0.888. The Balaban J connectivity index is 1.19. The third-order valence-electron chi connectivity index (χ3n) is 7.33. The van der Waals surface area contributed by atoms with Crippen molar-refractivity contribution in [3.05, 3.63) is 135 Å². The van der Waals surface area contributed by atoms with Crippen LogP contribution in [0.5, 0.6) is 5.75 Å². The van der Waals surface area contributed by atoms with Crippen LogP contribution in [0.2, 0.25) is 10.0 Å². The van der Waals surface area contributed by atoms with Gasteiger partial charge in [0.25, 0.3) is 0 Å². The lowest BCUT2D eigenvalue weighted by Gasteiger charge is -2.39. The van der Waals surface area contributed by atoms with Crippen LogP contribution in [0.25, 0.3) is 0 Å². The predicted molar refractivity (Wildman–Crippen MR) is 168 cm³/mol. The van der Waals surface area contributed by atoms with Gasteiger partial charge in [0, 0.05) is 35.5 Å². The highest BCUT2D eigenvalue weighted by Crippen LogP contribution is 2.32. The summed E-state index contributed by atoms with van der Waals surface area (Å²) in [6.07, 6.45) is 0.681. The van der Waals surface area contributed by atoms with Crippen LogP contribution in [-0.2, 0) is 34.0 Å². The van der Waals surface area contributed by atoms with E-state index in [1.807, 2.05) is 78.9 Å². The molecule has 0 bridgehead atoms. The molecule has 5 nitrogen and oxygen atoms in total. The maximum absolute atomic E-state index is 6.49. The molecule has 1 aliphatic rings. The van der Waals surface area contributed by atoms with Crippen LogP contribution in [0, 0.1) is 0 Å². The Morgan fingerprint density at radius 2 is 1.14 bits per heavy atom. The Morgan fingerprint density at radius 3 is 1.71 bits per heavy atom. The highest BCUT2D eigenvalue weighted by molar-refractivity contribution is 6.30. The molecule has 5 rings (SSSR count). The fourth-order valence-corrected chi connectivity index (χ4v) is 5.34. The molecule has 42 heavy (non-hydrogen) atoms. The van der Waals surface area contributed by atoms with E-state index in [-0.39, 0.29) is 18.1 Å². The molecule has 4 aromatic carbocycles. The lowest BCUT2D eigenvalue weighted by Crippen LogP contribution is -2.50. The first-order chi connectivity index (χ1) is 20.6. The summed E-state index contributed by atoms with van der Waals surface area (Å²) in [5, 5.41) is 4.95. The summed E-state index contributed by atoms with van der Waals surface area (Å²) in [5.41, 5.74) is 4.51. The third kappa shape index (κ3) is 9.30. The zero-order valence-electron chi connectivity index (χ0n) is 23.6. The normalized spacial score (nSPS) is 18.6. The number of piperidine rings is 1. The van der Waals surface area contributed by atoms with E-state index in [4.69, 9.17) is 42.1 Å². The molecule has 4 aromatic rings. The molecule has 1 N–H and O–H groups in total. The average Bonchev–Trinajstić information content (AvgIpc) is 3.03. The van der Waals surface area contributed by atoms with Crippen molar-refractivity contribution in [2.24, 2.45) is 0 Å². The molecule has 0 saturated carbocycles. The number of nitrogens with one attached hydrogen (secondary N) is 1. The van der Waals surface area contributed by atoms with Gasteiger partial charge in [0.2, 0.25) is 0 Å². The van der Waals surface area contributed by atoms with Crippen LogP contribution in [0.15, 0.2) is 103 Å². The van der Waals surface area contributed by atoms with Crippen LogP contribution in [0.3, 0.4) is 0 Å². The summed E-state index contributed by atoms with van der Waals surface area (Å²) in [6.45, 7) is 4.34. The molecule has 0 spiro atoms. The fourth-order valence-electron chi connectivity index (χ4n) is 5.09. The first-order valence-electron chi connectivity index (χ1n) is 14.4. The Kier molecular flexibility index (Phi) is 11.7. The zero-order valence-corrected chi connectivity index (χ0v) is 25.1. The van der Waals surface area contributed by atoms with Crippen molar-refractivity contribution in [2.75, 3.05) is 26.3 Å². The highest BCUT2D eigenvalue weighted by atomic mass is 35.5. The van der Waals surface area contributed by atoms with E-state index in [2.05, 4.69) is 29.6 Å². The van der Waals surface area contributed by atoms with Gasteiger partial charge in [-0.25, -0.2) is 0 Å². The molecule has 220 valence electrons. The summed E-state index contributed by atoms with van der Waals surface area (Å²) < 4.78 is 24.8. The summed E-state index contributed by atoms with van der Waals surface area (Å²) in [4.78, 5) is 0. The number of ether oxygens (including phenoxy) is 4. The standard InChI is InChI=1S/C35H37Cl2NO4/c36-30-13-7-27(8-14-30)24-41-33-21-38-22-34(42-25-28-9-15-31(37)16-10-28)35(33)29-11-17-32(18-12-29)40-20-4-19-39-23-26-5-2-1-3-6-26/h1-3,5-18,33-35,38H,4,19-25H2/t33-,34+,35?. The lowest BCUT2D eigenvalue weighted by molar-refractivity contribution is -0.0650. The van der Waals surface area contributed by atoms with Gasteiger partial charge >= 0.3 is 0 Å².